The van der Waals surface area contributed by atoms with Gasteiger partial charge in [0.2, 0.25) is 0 Å². The molecule has 0 saturated carbocycles. The Labute approximate surface area is 133 Å². The molecule has 3 unspecified atom stereocenters. The van der Waals surface area contributed by atoms with Crippen molar-refractivity contribution in [1.82, 2.24) is 5.32 Å². The molecule has 0 amide bonds. The van der Waals surface area contributed by atoms with Crippen LogP contribution in [0.4, 0.5) is 0 Å². The number of hydrogen-bond acceptors (Lipinski definition) is 4. The lowest BCUT2D eigenvalue weighted by atomic mass is 10.0. The first-order chi connectivity index (χ1) is 10.2. The van der Waals surface area contributed by atoms with E-state index in [0.29, 0.717) is 11.3 Å². The molecule has 0 fully saturated rings. The molecule has 4 heteroatoms. The van der Waals surface area contributed by atoms with Crippen molar-refractivity contribution >= 4 is 23.1 Å². The van der Waals surface area contributed by atoms with Gasteiger partial charge in [-0.1, -0.05) is 31.2 Å². The molecule has 1 aliphatic carbocycles. The van der Waals surface area contributed by atoms with Crippen LogP contribution in [0.25, 0.3) is 0 Å². The van der Waals surface area contributed by atoms with Gasteiger partial charge in [-0.2, -0.15) is 0 Å². The fraction of sp³-hybridized carbons (Fsp3) is 0.412. The molecule has 2 aromatic rings. The van der Waals surface area contributed by atoms with Crippen molar-refractivity contribution in [2.24, 2.45) is 0 Å². The van der Waals surface area contributed by atoms with E-state index in [9.17, 15) is 5.11 Å². The van der Waals surface area contributed by atoms with Gasteiger partial charge in [-0.15, -0.1) is 23.1 Å². The number of fused-ring (bicyclic) bond motifs is 2. The van der Waals surface area contributed by atoms with Crippen LogP contribution < -0.4 is 5.32 Å². The zero-order valence-electron chi connectivity index (χ0n) is 12.0. The van der Waals surface area contributed by atoms with Crippen LogP contribution >= 0.6 is 23.1 Å². The maximum absolute atomic E-state index is 10.4. The Hall–Kier alpha value is -0.810. The largest absolute Gasteiger partial charge is 0.391 e. The molecule has 0 bridgehead atoms. The number of aliphatic hydroxyl groups excluding tert-OH is 1. The van der Waals surface area contributed by atoms with Crippen molar-refractivity contribution in [1.29, 1.82) is 0 Å². The summed E-state index contributed by atoms with van der Waals surface area (Å²) < 4.78 is 1.44. The second-order valence-electron chi connectivity index (χ2n) is 5.99. The molecule has 0 saturated heterocycles. The van der Waals surface area contributed by atoms with E-state index in [0.717, 1.165) is 12.8 Å². The Kier molecular flexibility index (Phi) is 3.58. The van der Waals surface area contributed by atoms with E-state index in [-0.39, 0.29) is 12.1 Å². The Morgan fingerprint density at radius 1 is 1.19 bits per heavy atom. The summed E-state index contributed by atoms with van der Waals surface area (Å²) in [4.78, 5) is 0. The molecule has 0 radical (unpaired) electrons. The lowest BCUT2D eigenvalue weighted by Gasteiger charge is -2.31. The van der Waals surface area contributed by atoms with E-state index in [2.05, 4.69) is 48.0 Å². The molecule has 1 aromatic carbocycles. The monoisotopic (exact) mass is 317 g/mol. The van der Waals surface area contributed by atoms with Gasteiger partial charge in [0.05, 0.1) is 16.4 Å². The molecule has 110 valence electrons. The minimum atomic E-state index is -0.311. The van der Waals surface area contributed by atoms with Gasteiger partial charge in [-0.05, 0) is 34.6 Å². The van der Waals surface area contributed by atoms with Crippen molar-refractivity contribution in [3.05, 3.63) is 52.4 Å². The predicted molar refractivity (Wildman–Crippen MR) is 89.0 cm³/mol. The molecular formula is C17H19NOS2. The Bertz CT molecular complexity index is 654. The Balaban J connectivity index is 1.63. The van der Waals surface area contributed by atoms with Gasteiger partial charge >= 0.3 is 0 Å². The zero-order valence-corrected chi connectivity index (χ0v) is 13.6. The third kappa shape index (κ3) is 2.44. The van der Waals surface area contributed by atoms with E-state index >= 15 is 0 Å². The number of benzene rings is 1. The van der Waals surface area contributed by atoms with E-state index in [1.54, 1.807) is 0 Å². The number of thioether (sulfide) groups is 1. The summed E-state index contributed by atoms with van der Waals surface area (Å²) in [6, 6.07) is 11.1. The Morgan fingerprint density at radius 3 is 2.95 bits per heavy atom. The molecule has 2 heterocycles. The van der Waals surface area contributed by atoms with Crippen molar-refractivity contribution in [2.45, 2.75) is 47.4 Å². The highest BCUT2D eigenvalue weighted by atomic mass is 32.2. The summed E-state index contributed by atoms with van der Waals surface area (Å²) in [5, 5.41) is 17.0. The summed E-state index contributed by atoms with van der Waals surface area (Å²) in [5.41, 5.74) is 3.97. The molecule has 4 atom stereocenters. The number of nitrogens with one attached hydrogen (secondary N) is 1. The lowest BCUT2D eigenvalue weighted by Crippen LogP contribution is -2.34. The second-order valence-corrected chi connectivity index (χ2v) is 8.62. The quantitative estimate of drug-likeness (QED) is 0.880. The Morgan fingerprint density at radius 2 is 2.05 bits per heavy atom. The van der Waals surface area contributed by atoms with Crippen LogP contribution in [0.3, 0.4) is 0 Å². The van der Waals surface area contributed by atoms with E-state index in [4.69, 9.17) is 0 Å². The van der Waals surface area contributed by atoms with Gasteiger partial charge in [0, 0.05) is 17.7 Å². The molecule has 4 rings (SSSR count). The third-order valence-corrected chi connectivity index (χ3v) is 6.84. The van der Waals surface area contributed by atoms with E-state index < -0.39 is 0 Å². The van der Waals surface area contributed by atoms with E-state index in [1.807, 2.05) is 23.1 Å². The molecule has 2 N–H and O–H groups in total. The summed E-state index contributed by atoms with van der Waals surface area (Å²) >= 11 is 3.82. The van der Waals surface area contributed by atoms with Crippen molar-refractivity contribution in [3.63, 3.8) is 0 Å². The highest BCUT2D eigenvalue weighted by Gasteiger charge is 2.35. The van der Waals surface area contributed by atoms with Crippen molar-refractivity contribution < 1.29 is 5.11 Å². The van der Waals surface area contributed by atoms with Crippen LogP contribution in [0.2, 0.25) is 0 Å². The minimum Gasteiger partial charge on any atom is -0.391 e. The molecule has 21 heavy (non-hydrogen) atoms. The van der Waals surface area contributed by atoms with Crippen molar-refractivity contribution in [2.75, 3.05) is 0 Å². The van der Waals surface area contributed by atoms with Gasteiger partial charge < -0.3 is 10.4 Å². The number of hydrogen-bond donors (Lipinski definition) is 2. The van der Waals surface area contributed by atoms with Gasteiger partial charge in [0.1, 0.15) is 0 Å². The first kappa shape index (κ1) is 13.8. The second kappa shape index (κ2) is 5.43. The number of rotatable bonds is 2. The van der Waals surface area contributed by atoms with Crippen LogP contribution in [-0.2, 0) is 6.42 Å². The predicted octanol–water partition coefficient (Wildman–Crippen LogP) is 3.92. The SMILES string of the molecule is C[C@H]1CC(NC2c3ccccc3CC2O)c2ccsc2S1. The van der Waals surface area contributed by atoms with Crippen LogP contribution in [0, 0.1) is 0 Å². The van der Waals surface area contributed by atoms with Gasteiger partial charge in [0.25, 0.3) is 0 Å². The average Bonchev–Trinajstić information content (AvgIpc) is 3.04. The molecular weight excluding hydrogens is 298 g/mol. The topological polar surface area (TPSA) is 32.3 Å². The molecule has 2 aliphatic rings. The molecule has 2 nitrogen and oxygen atoms in total. The lowest BCUT2D eigenvalue weighted by molar-refractivity contribution is 0.133. The minimum absolute atomic E-state index is 0.0641. The summed E-state index contributed by atoms with van der Waals surface area (Å²) in [6.07, 6.45) is 1.58. The van der Waals surface area contributed by atoms with Gasteiger partial charge in [0.15, 0.2) is 0 Å². The first-order valence-corrected chi connectivity index (χ1v) is 9.24. The molecule has 1 aromatic heterocycles. The fourth-order valence-corrected chi connectivity index (χ4v) is 6.07. The average molecular weight is 317 g/mol. The van der Waals surface area contributed by atoms with Gasteiger partial charge in [-0.25, -0.2) is 0 Å². The van der Waals surface area contributed by atoms with Crippen molar-refractivity contribution in [3.8, 4) is 0 Å². The number of aliphatic hydroxyl groups is 1. The van der Waals surface area contributed by atoms with Crippen LogP contribution in [0.5, 0.6) is 0 Å². The first-order valence-electron chi connectivity index (χ1n) is 7.48. The maximum Gasteiger partial charge on any atom is 0.0775 e. The normalized spacial score (nSPS) is 31.0. The highest BCUT2D eigenvalue weighted by Crippen LogP contribution is 2.45. The fourth-order valence-electron chi connectivity index (χ4n) is 3.50. The maximum atomic E-state index is 10.4. The summed E-state index contributed by atoms with van der Waals surface area (Å²) in [7, 11) is 0. The molecule has 0 spiro atoms. The van der Waals surface area contributed by atoms with Crippen LogP contribution in [-0.4, -0.2) is 16.5 Å². The number of thiophene rings is 1. The molecule has 1 aliphatic heterocycles. The zero-order chi connectivity index (χ0) is 14.4. The van der Waals surface area contributed by atoms with E-state index in [1.165, 1.54) is 20.9 Å². The highest BCUT2D eigenvalue weighted by molar-refractivity contribution is 8.01. The van der Waals surface area contributed by atoms with Crippen LogP contribution in [0.15, 0.2) is 39.9 Å². The van der Waals surface area contributed by atoms with Gasteiger partial charge in [-0.3, -0.25) is 0 Å². The summed E-state index contributed by atoms with van der Waals surface area (Å²) in [6.45, 7) is 2.29. The third-order valence-electron chi connectivity index (χ3n) is 4.49. The van der Waals surface area contributed by atoms with Crippen LogP contribution in [0.1, 0.15) is 42.1 Å². The summed E-state index contributed by atoms with van der Waals surface area (Å²) in [5.74, 6) is 0. The standard InChI is InChI=1S/C17H19NOS2/c1-10-8-14(13-6-7-20-17(13)21-10)18-16-12-5-3-2-4-11(12)9-15(16)19/h2-7,10,14-16,18-19H,8-9H2,1H3/t10-,14?,15?,16?/m0/s1. The smallest absolute Gasteiger partial charge is 0.0775 e.